The fraction of sp³-hybridized carbons (Fsp3) is 0.647. The summed E-state index contributed by atoms with van der Waals surface area (Å²) in [6, 6.07) is 10.5. The third kappa shape index (κ3) is 2.90. The number of rotatable bonds is 4. The Balaban J connectivity index is 1.69. The molecule has 3 heteroatoms. The van der Waals surface area contributed by atoms with Gasteiger partial charge in [0.1, 0.15) is 0 Å². The molecule has 2 bridgehead atoms. The van der Waals surface area contributed by atoms with Gasteiger partial charge in [0.2, 0.25) is 0 Å². The molecule has 2 atom stereocenters. The van der Waals surface area contributed by atoms with Crippen LogP contribution in [0.15, 0.2) is 24.3 Å². The van der Waals surface area contributed by atoms with Gasteiger partial charge in [0.25, 0.3) is 0 Å². The fourth-order valence-electron chi connectivity index (χ4n) is 3.84. The maximum Gasteiger partial charge on any atom is 0.0237 e. The summed E-state index contributed by atoms with van der Waals surface area (Å²) in [5, 5.41) is 3.28. The van der Waals surface area contributed by atoms with Crippen LogP contribution in [0.25, 0.3) is 0 Å². The van der Waals surface area contributed by atoms with E-state index in [1.54, 1.807) is 0 Å². The molecule has 2 saturated heterocycles. The van der Waals surface area contributed by atoms with E-state index in [4.69, 9.17) is 0 Å². The molecule has 0 aromatic heterocycles. The maximum absolute atomic E-state index is 3.28. The number of nitrogens with one attached hydrogen (secondary N) is 1. The molecule has 2 aliphatic rings. The van der Waals surface area contributed by atoms with Crippen LogP contribution in [0, 0.1) is 0 Å². The second kappa shape index (κ2) is 6.25. The average Bonchev–Trinajstić information content (AvgIpc) is 2.69. The van der Waals surface area contributed by atoms with Crippen molar-refractivity contribution in [2.24, 2.45) is 0 Å². The van der Waals surface area contributed by atoms with E-state index in [0.717, 1.165) is 25.2 Å². The predicted molar refractivity (Wildman–Crippen MR) is 83.7 cm³/mol. The Morgan fingerprint density at radius 2 is 1.85 bits per heavy atom. The molecule has 2 heterocycles. The van der Waals surface area contributed by atoms with E-state index in [1.807, 2.05) is 7.05 Å². The first-order valence-electron chi connectivity index (χ1n) is 7.93. The topological polar surface area (TPSA) is 18.5 Å². The highest BCUT2D eigenvalue weighted by Gasteiger charge is 2.34. The first-order valence-corrected chi connectivity index (χ1v) is 7.93. The highest BCUT2D eigenvalue weighted by molar-refractivity contribution is 5.27. The van der Waals surface area contributed by atoms with Gasteiger partial charge in [0, 0.05) is 38.3 Å². The molecule has 3 rings (SSSR count). The molecule has 20 heavy (non-hydrogen) atoms. The monoisotopic (exact) mass is 273 g/mol. The molecule has 2 fully saturated rings. The number of hydrogen-bond donors (Lipinski definition) is 1. The van der Waals surface area contributed by atoms with Crippen molar-refractivity contribution in [1.82, 2.24) is 15.1 Å². The van der Waals surface area contributed by atoms with Crippen LogP contribution in [0.3, 0.4) is 0 Å². The minimum absolute atomic E-state index is 0.777. The molecule has 110 valence electrons. The van der Waals surface area contributed by atoms with Crippen molar-refractivity contribution in [1.29, 1.82) is 0 Å². The van der Waals surface area contributed by atoms with Gasteiger partial charge >= 0.3 is 0 Å². The van der Waals surface area contributed by atoms with Crippen LogP contribution >= 0.6 is 0 Å². The van der Waals surface area contributed by atoms with Crippen LogP contribution in [0.4, 0.5) is 0 Å². The number of hydrogen-bond acceptors (Lipinski definition) is 3. The van der Waals surface area contributed by atoms with E-state index in [9.17, 15) is 0 Å². The summed E-state index contributed by atoms with van der Waals surface area (Å²) >= 11 is 0. The van der Waals surface area contributed by atoms with Crippen LogP contribution in [0.5, 0.6) is 0 Å². The van der Waals surface area contributed by atoms with E-state index in [0.29, 0.717) is 0 Å². The molecule has 0 radical (unpaired) electrons. The van der Waals surface area contributed by atoms with Crippen molar-refractivity contribution in [2.45, 2.75) is 44.4 Å². The van der Waals surface area contributed by atoms with E-state index < -0.39 is 0 Å². The van der Waals surface area contributed by atoms with Gasteiger partial charge in [0.05, 0.1) is 0 Å². The molecular weight excluding hydrogens is 246 g/mol. The van der Waals surface area contributed by atoms with E-state index in [2.05, 4.69) is 46.4 Å². The quantitative estimate of drug-likeness (QED) is 0.906. The van der Waals surface area contributed by atoms with Gasteiger partial charge in [-0.15, -0.1) is 0 Å². The molecule has 0 saturated carbocycles. The van der Waals surface area contributed by atoms with Crippen molar-refractivity contribution >= 4 is 0 Å². The molecule has 2 unspecified atom stereocenters. The third-order valence-electron chi connectivity index (χ3n) is 5.11. The summed E-state index contributed by atoms with van der Waals surface area (Å²) in [5.41, 5.74) is 2.93. The van der Waals surface area contributed by atoms with E-state index in [-0.39, 0.29) is 0 Å². The molecule has 0 aliphatic carbocycles. The standard InChI is InChI=1S/C17H27N3/c1-18-11-14-5-3-4-6-15(14)12-20-10-9-16-7-8-17(13-20)19(16)2/h3-6,16-18H,7-13H2,1-2H3. The zero-order valence-corrected chi connectivity index (χ0v) is 12.8. The Morgan fingerprint density at radius 1 is 1.10 bits per heavy atom. The largest absolute Gasteiger partial charge is 0.316 e. The first-order chi connectivity index (χ1) is 9.78. The lowest BCUT2D eigenvalue weighted by Crippen LogP contribution is -2.36. The normalized spacial score (nSPS) is 27.7. The van der Waals surface area contributed by atoms with Gasteiger partial charge in [-0.25, -0.2) is 0 Å². The summed E-state index contributed by atoms with van der Waals surface area (Å²) in [6.07, 6.45) is 4.13. The summed E-state index contributed by atoms with van der Waals surface area (Å²) in [7, 11) is 4.34. The number of nitrogens with zero attached hydrogens (tertiary/aromatic N) is 2. The van der Waals surface area contributed by atoms with Gasteiger partial charge in [-0.05, 0) is 44.5 Å². The van der Waals surface area contributed by atoms with Crippen LogP contribution in [0.2, 0.25) is 0 Å². The predicted octanol–water partition coefficient (Wildman–Crippen LogP) is 2.07. The van der Waals surface area contributed by atoms with Crippen LogP contribution in [0.1, 0.15) is 30.4 Å². The van der Waals surface area contributed by atoms with Crippen LogP contribution in [-0.2, 0) is 13.1 Å². The van der Waals surface area contributed by atoms with Gasteiger partial charge in [-0.1, -0.05) is 24.3 Å². The summed E-state index contributed by atoms with van der Waals surface area (Å²) in [6.45, 7) is 4.56. The Hall–Kier alpha value is -0.900. The molecule has 1 aromatic rings. The molecule has 0 amide bonds. The maximum atomic E-state index is 3.28. The fourth-order valence-corrected chi connectivity index (χ4v) is 3.84. The molecule has 0 spiro atoms. The molecular formula is C17H27N3. The van der Waals surface area contributed by atoms with E-state index >= 15 is 0 Å². The second-order valence-corrected chi connectivity index (χ2v) is 6.37. The van der Waals surface area contributed by atoms with Gasteiger partial charge in [-0.2, -0.15) is 0 Å². The van der Waals surface area contributed by atoms with Crippen molar-refractivity contribution in [3.05, 3.63) is 35.4 Å². The lowest BCUT2D eigenvalue weighted by atomic mass is 10.0. The van der Waals surface area contributed by atoms with Crippen molar-refractivity contribution in [2.75, 3.05) is 27.2 Å². The lowest BCUT2D eigenvalue weighted by Gasteiger charge is -2.26. The Labute approximate surface area is 123 Å². The zero-order chi connectivity index (χ0) is 13.9. The summed E-state index contributed by atoms with van der Waals surface area (Å²) in [4.78, 5) is 5.29. The molecule has 1 N–H and O–H groups in total. The smallest absolute Gasteiger partial charge is 0.0237 e. The van der Waals surface area contributed by atoms with Gasteiger partial charge < -0.3 is 5.32 Å². The number of likely N-dealkylation sites (N-methyl/N-ethyl adjacent to an activating group) is 1. The number of likely N-dealkylation sites (tertiary alicyclic amines) is 1. The minimum Gasteiger partial charge on any atom is -0.316 e. The molecule has 3 nitrogen and oxygen atoms in total. The first kappa shape index (κ1) is 14.1. The van der Waals surface area contributed by atoms with Crippen molar-refractivity contribution < 1.29 is 0 Å². The summed E-state index contributed by atoms with van der Waals surface area (Å²) in [5.74, 6) is 0. The zero-order valence-electron chi connectivity index (χ0n) is 12.8. The Bertz CT molecular complexity index is 446. The highest BCUT2D eigenvalue weighted by atomic mass is 15.3. The van der Waals surface area contributed by atoms with Gasteiger partial charge in [-0.3, -0.25) is 9.80 Å². The molecule has 1 aromatic carbocycles. The van der Waals surface area contributed by atoms with Crippen LogP contribution in [-0.4, -0.2) is 49.1 Å². The average molecular weight is 273 g/mol. The SMILES string of the molecule is CNCc1ccccc1CN1CCC2CCC(C1)N2C. The van der Waals surface area contributed by atoms with Crippen molar-refractivity contribution in [3.63, 3.8) is 0 Å². The third-order valence-corrected chi connectivity index (χ3v) is 5.11. The number of fused-ring (bicyclic) bond motifs is 2. The Morgan fingerprint density at radius 3 is 2.65 bits per heavy atom. The minimum atomic E-state index is 0.777. The molecule has 2 aliphatic heterocycles. The van der Waals surface area contributed by atoms with E-state index in [1.165, 1.54) is 43.5 Å². The van der Waals surface area contributed by atoms with Gasteiger partial charge in [0.15, 0.2) is 0 Å². The second-order valence-electron chi connectivity index (χ2n) is 6.37. The number of benzene rings is 1. The van der Waals surface area contributed by atoms with Crippen LogP contribution < -0.4 is 5.32 Å². The highest BCUT2D eigenvalue weighted by Crippen LogP contribution is 2.29. The van der Waals surface area contributed by atoms with Crippen molar-refractivity contribution in [3.8, 4) is 0 Å². The summed E-state index contributed by atoms with van der Waals surface area (Å²) < 4.78 is 0. The Kier molecular flexibility index (Phi) is 4.39. The lowest BCUT2D eigenvalue weighted by molar-refractivity contribution is 0.214.